The average molecular weight is 319 g/mol. The van der Waals surface area contributed by atoms with Gasteiger partial charge in [-0.2, -0.15) is 0 Å². The molecule has 0 saturated heterocycles. The second kappa shape index (κ2) is 6.57. The number of hydrogen-bond donors (Lipinski definition) is 1. The smallest absolute Gasteiger partial charge is 0.253 e. The third kappa shape index (κ3) is 3.82. The summed E-state index contributed by atoms with van der Waals surface area (Å²) in [5, 5.41) is 2.77. The van der Waals surface area contributed by atoms with Crippen LogP contribution in [0.15, 0.2) is 48.8 Å². The second-order valence-electron chi connectivity index (χ2n) is 4.79. The van der Waals surface area contributed by atoms with E-state index in [1.54, 1.807) is 48.8 Å². The number of benzene rings is 1. The first-order chi connectivity index (χ1) is 10.4. The molecule has 6 nitrogen and oxygen atoms in total. The third-order valence-electron chi connectivity index (χ3n) is 3.19. The summed E-state index contributed by atoms with van der Waals surface area (Å²) in [5.74, 6) is -0.331. The molecule has 0 saturated carbocycles. The Morgan fingerprint density at radius 2 is 1.82 bits per heavy atom. The largest absolute Gasteiger partial charge is 0.348 e. The van der Waals surface area contributed by atoms with E-state index in [1.165, 1.54) is 7.05 Å². The van der Waals surface area contributed by atoms with Crippen molar-refractivity contribution >= 4 is 21.6 Å². The SMILES string of the molecule is CN(c1ccccc1C(=O)NCc1ccncc1)S(C)(=O)=O. The van der Waals surface area contributed by atoms with E-state index in [0.29, 0.717) is 17.8 Å². The molecule has 0 aliphatic heterocycles. The lowest BCUT2D eigenvalue weighted by Crippen LogP contribution is -2.29. The molecule has 2 aromatic rings. The number of hydrogen-bond acceptors (Lipinski definition) is 4. The molecule has 0 aliphatic carbocycles. The molecule has 0 bridgehead atoms. The maximum Gasteiger partial charge on any atom is 0.253 e. The number of aromatic nitrogens is 1. The molecular weight excluding hydrogens is 302 g/mol. The molecule has 0 atom stereocenters. The van der Waals surface area contributed by atoms with Crippen molar-refractivity contribution in [2.24, 2.45) is 0 Å². The van der Waals surface area contributed by atoms with E-state index in [1.807, 2.05) is 0 Å². The number of pyridine rings is 1. The molecule has 1 aromatic heterocycles. The standard InChI is InChI=1S/C15H17N3O3S/c1-18(22(2,20)21)14-6-4-3-5-13(14)15(19)17-11-12-7-9-16-10-8-12/h3-10H,11H2,1-2H3,(H,17,19). The van der Waals surface area contributed by atoms with Crippen molar-refractivity contribution in [3.05, 3.63) is 59.9 Å². The minimum Gasteiger partial charge on any atom is -0.348 e. The van der Waals surface area contributed by atoms with E-state index >= 15 is 0 Å². The van der Waals surface area contributed by atoms with Gasteiger partial charge in [-0.1, -0.05) is 12.1 Å². The molecule has 7 heteroatoms. The van der Waals surface area contributed by atoms with Crippen LogP contribution in [0.4, 0.5) is 5.69 Å². The van der Waals surface area contributed by atoms with Crippen LogP contribution in [0.1, 0.15) is 15.9 Å². The third-order valence-corrected chi connectivity index (χ3v) is 4.38. The number of para-hydroxylation sites is 1. The molecule has 1 N–H and O–H groups in total. The van der Waals surface area contributed by atoms with Gasteiger partial charge in [0.05, 0.1) is 17.5 Å². The molecule has 0 radical (unpaired) electrons. The van der Waals surface area contributed by atoms with Gasteiger partial charge >= 0.3 is 0 Å². The molecule has 1 amide bonds. The normalized spacial score (nSPS) is 11.0. The predicted octanol–water partition coefficient (Wildman–Crippen LogP) is 1.41. The lowest BCUT2D eigenvalue weighted by molar-refractivity contribution is 0.0951. The molecule has 0 fully saturated rings. The topological polar surface area (TPSA) is 79.4 Å². The van der Waals surface area contributed by atoms with Gasteiger partial charge in [0.15, 0.2) is 0 Å². The summed E-state index contributed by atoms with van der Waals surface area (Å²) in [4.78, 5) is 16.2. The molecule has 1 aromatic carbocycles. The van der Waals surface area contributed by atoms with Crippen LogP contribution in [0.5, 0.6) is 0 Å². The zero-order valence-electron chi connectivity index (χ0n) is 12.4. The van der Waals surface area contributed by atoms with Crippen LogP contribution in [0, 0.1) is 0 Å². The fourth-order valence-electron chi connectivity index (χ4n) is 1.90. The number of rotatable bonds is 5. The minimum atomic E-state index is -3.43. The van der Waals surface area contributed by atoms with E-state index in [2.05, 4.69) is 10.3 Å². The average Bonchev–Trinajstić information content (AvgIpc) is 2.52. The Morgan fingerprint density at radius 1 is 1.18 bits per heavy atom. The van der Waals surface area contributed by atoms with Crippen molar-refractivity contribution in [3.8, 4) is 0 Å². The summed E-state index contributed by atoms with van der Waals surface area (Å²) >= 11 is 0. The van der Waals surface area contributed by atoms with Crippen molar-refractivity contribution in [3.63, 3.8) is 0 Å². The Hall–Kier alpha value is -2.41. The fraction of sp³-hybridized carbons (Fsp3) is 0.200. The first-order valence-corrected chi connectivity index (χ1v) is 8.44. The maximum atomic E-state index is 12.3. The number of amides is 1. The molecule has 2 rings (SSSR count). The van der Waals surface area contributed by atoms with Crippen LogP contribution < -0.4 is 9.62 Å². The predicted molar refractivity (Wildman–Crippen MR) is 85.1 cm³/mol. The van der Waals surface area contributed by atoms with Crippen molar-refractivity contribution in [1.29, 1.82) is 0 Å². The van der Waals surface area contributed by atoms with Crippen molar-refractivity contribution in [2.75, 3.05) is 17.6 Å². The quantitative estimate of drug-likeness (QED) is 0.903. The van der Waals surface area contributed by atoms with E-state index in [0.717, 1.165) is 16.1 Å². The summed E-state index contributed by atoms with van der Waals surface area (Å²) in [6.45, 7) is 0.346. The summed E-state index contributed by atoms with van der Waals surface area (Å²) in [6.07, 6.45) is 4.39. The van der Waals surface area contributed by atoms with Crippen LogP contribution >= 0.6 is 0 Å². The highest BCUT2D eigenvalue weighted by molar-refractivity contribution is 7.92. The zero-order chi connectivity index (χ0) is 16.2. The lowest BCUT2D eigenvalue weighted by atomic mass is 10.1. The number of sulfonamides is 1. The van der Waals surface area contributed by atoms with Crippen LogP contribution in [-0.2, 0) is 16.6 Å². The van der Waals surface area contributed by atoms with Gasteiger partial charge in [-0.25, -0.2) is 8.42 Å². The fourth-order valence-corrected chi connectivity index (χ4v) is 2.41. The second-order valence-corrected chi connectivity index (χ2v) is 6.80. The van der Waals surface area contributed by atoms with Gasteiger partial charge in [0.2, 0.25) is 10.0 Å². The molecule has 0 spiro atoms. The van der Waals surface area contributed by atoms with E-state index in [4.69, 9.17) is 0 Å². The summed E-state index contributed by atoms with van der Waals surface area (Å²) in [5.41, 5.74) is 1.57. The molecular formula is C15H17N3O3S. The summed E-state index contributed by atoms with van der Waals surface area (Å²) in [6, 6.07) is 10.2. The number of carbonyl (C=O) groups is 1. The number of nitrogens with one attached hydrogen (secondary N) is 1. The van der Waals surface area contributed by atoms with Crippen LogP contribution in [0.3, 0.4) is 0 Å². The van der Waals surface area contributed by atoms with Crippen molar-refractivity contribution < 1.29 is 13.2 Å². The van der Waals surface area contributed by atoms with Gasteiger partial charge in [-0.05, 0) is 29.8 Å². The molecule has 0 aliphatic rings. The Labute approximate surface area is 129 Å². The van der Waals surface area contributed by atoms with E-state index in [9.17, 15) is 13.2 Å². The Kier molecular flexibility index (Phi) is 4.77. The molecule has 22 heavy (non-hydrogen) atoms. The van der Waals surface area contributed by atoms with Gasteiger partial charge in [0, 0.05) is 26.0 Å². The number of anilines is 1. The summed E-state index contributed by atoms with van der Waals surface area (Å²) in [7, 11) is -2.01. The van der Waals surface area contributed by atoms with Gasteiger partial charge in [-0.15, -0.1) is 0 Å². The number of nitrogens with zero attached hydrogens (tertiary/aromatic N) is 2. The van der Waals surface area contributed by atoms with Crippen LogP contribution in [-0.4, -0.2) is 32.6 Å². The van der Waals surface area contributed by atoms with Gasteiger partial charge in [-0.3, -0.25) is 14.1 Å². The van der Waals surface area contributed by atoms with Crippen molar-refractivity contribution in [1.82, 2.24) is 10.3 Å². The monoisotopic (exact) mass is 319 g/mol. The highest BCUT2D eigenvalue weighted by Gasteiger charge is 2.19. The maximum absolute atomic E-state index is 12.3. The molecule has 0 unspecified atom stereocenters. The number of carbonyl (C=O) groups excluding carboxylic acids is 1. The molecule has 1 heterocycles. The highest BCUT2D eigenvalue weighted by Crippen LogP contribution is 2.21. The summed E-state index contributed by atoms with van der Waals surface area (Å²) < 4.78 is 24.4. The molecule has 116 valence electrons. The Balaban J connectivity index is 2.20. The van der Waals surface area contributed by atoms with Crippen LogP contribution in [0.2, 0.25) is 0 Å². The lowest BCUT2D eigenvalue weighted by Gasteiger charge is -2.19. The van der Waals surface area contributed by atoms with E-state index in [-0.39, 0.29) is 5.91 Å². The van der Waals surface area contributed by atoms with E-state index < -0.39 is 10.0 Å². The highest BCUT2D eigenvalue weighted by atomic mass is 32.2. The Bertz CT molecular complexity index is 761. The van der Waals surface area contributed by atoms with Gasteiger partial charge in [0.25, 0.3) is 5.91 Å². The van der Waals surface area contributed by atoms with Gasteiger partial charge in [0.1, 0.15) is 0 Å². The first kappa shape index (κ1) is 16.0. The van der Waals surface area contributed by atoms with Crippen molar-refractivity contribution in [2.45, 2.75) is 6.54 Å². The first-order valence-electron chi connectivity index (χ1n) is 6.59. The minimum absolute atomic E-state index is 0.310. The zero-order valence-corrected chi connectivity index (χ0v) is 13.2. The van der Waals surface area contributed by atoms with Gasteiger partial charge < -0.3 is 5.32 Å². The van der Waals surface area contributed by atoms with Crippen LogP contribution in [0.25, 0.3) is 0 Å². The Morgan fingerprint density at radius 3 is 2.45 bits per heavy atom.